The van der Waals surface area contributed by atoms with E-state index in [1.54, 1.807) is 18.2 Å². The first kappa shape index (κ1) is 16.2. The summed E-state index contributed by atoms with van der Waals surface area (Å²) in [6, 6.07) is 4.86. The van der Waals surface area contributed by atoms with Crippen molar-refractivity contribution >= 4 is 38.8 Å². The highest BCUT2D eigenvalue weighted by molar-refractivity contribution is 9.10. The highest BCUT2D eigenvalue weighted by Gasteiger charge is 2.31. The molecular formula is C12H14BrF3N2S. The molecule has 0 aliphatic heterocycles. The van der Waals surface area contributed by atoms with Gasteiger partial charge in [-0.2, -0.15) is 13.2 Å². The number of anilines is 1. The molecule has 0 radical (unpaired) electrons. The molecule has 0 spiro atoms. The van der Waals surface area contributed by atoms with E-state index in [1.807, 2.05) is 6.92 Å². The van der Waals surface area contributed by atoms with Crippen molar-refractivity contribution in [3.63, 3.8) is 0 Å². The lowest BCUT2D eigenvalue weighted by molar-refractivity contribution is -0.119. The number of benzene rings is 1. The third-order valence-corrected chi connectivity index (χ3v) is 3.31. The van der Waals surface area contributed by atoms with E-state index in [-0.39, 0.29) is 4.99 Å². The van der Waals surface area contributed by atoms with Gasteiger partial charge in [0, 0.05) is 16.6 Å². The van der Waals surface area contributed by atoms with Gasteiger partial charge in [0.2, 0.25) is 0 Å². The largest absolute Gasteiger partial charge is 0.405 e. The van der Waals surface area contributed by atoms with Crippen molar-refractivity contribution in [1.82, 2.24) is 0 Å². The summed E-state index contributed by atoms with van der Waals surface area (Å²) < 4.78 is 38.2. The van der Waals surface area contributed by atoms with Gasteiger partial charge in [0.15, 0.2) is 0 Å². The normalized spacial score (nSPS) is 11.4. The van der Waals surface area contributed by atoms with Crippen LogP contribution in [0.4, 0.5) is 18.9 Å². The minimum Gasteiger partial charge on any atom is -0.389 e. The first-order valence-corrected chi connectivity index (χ1v) is 6.85. The molecule has 0 aliphatic rings. The minimum absolute atomic E-state index is 0.213. The second kappa shape index (κ2) is 6.56. The average molecular weight is 355 g/mol. The molecule has 1 aromatic carbocycles. The van der Waals surface area contributed by atoms with Crippen molar-refractivity contribution < 1.29 is 13.2 Å². The number of thiocarbonyl (C=S) groups is 1. The molecule has 0 amide bonds. The second-order valence-corrected chi connectivity index (χ2v) is 5.36. The Hall–Kier alpha value is -0.820. The van der Waals surface area contributed by atoms with E-state index < -0.39 is 12.7 Å². The zero-order chi connectivity index (χ0) is 14.6. The van der Waals surface area contributed by atoms with Crippen molar-refractivity contribution in [3.05, 3.63) is 28.2 Å². The fourth-order valence-electron chi connectivity index (χ4n) is 1.69. The van der Waals surface area contributed by atoms with Crippen molar-refractivity contribution in [2.45, 2.75) is 19.5 Å². The van der Waals surface area contributed by atoms with Gasteiger partial charge in [0.1, 0.15) is 11.5 Å². The van der Waals surface area contributed by atoms with E-state index in [0.29, 0.717) is 28.7 Å². The Kier molecular flexibility index (Phi) is 5.61. The zero-order valence-corrected chi connectivity index (χ0v) is 12.7. The molecule has 0 aromatic heterocycles. The van der Waals surface area contributed by atoms with Crippen LogP contribution in [-0.4, -0.2) is 24.3 Å². The second-order valence-electron chi connectivity index (χ2n) is 4.07. The molecular weight excluding hydrogens is 341 g/mol. The Morgan fingerprint density at radius 1 is 1.42 bits per heavy atom. The fraction of sp³-hybridized carbons (Fsp3) is 0.417. The van der Waals surface area contributed by atoms with Crippen molar-refractivity contribution in [3.8, 4) is 0 Å². The van der Waals surface area contributed by atoms with E-state index in [2.05, 4.69) is 15.9 Å². The molecule has 1 aromatic rings. The Morgan fingerprint density at radius 3 is 2.47 bits per heavy atom. The SMILES string of the molecule is CCCN(CC(F)(F)F)c1ccc(C(N)=S)cc1Br. The highest BCUT2D eigenvalue weighted by Crippen LogP contribution is 2.30. The Balaban J connectivity index is 3.06. The van der Waals surface area contributed by atoms with E-state index in [9.17, 15) is 13.2 Å². The van der Waals surface area contributed by atoms with Gasteiger partial charge >= 0.3 is 6.18 Å². The molecule has 0 saturated heterocycles. The molecule has 106 valence electrons. The summed E-state index contributed by atoms with van der Waals surface area (Å²) in [5, 5.41) is 0. The lowest BCUT2D eigenvalue weighted by Crippen LogP contribution is -2.35. The lowest BCUT2D eigenvalue weighted by atomic mass is 10.2. The van der Waals surface area contributed by atoms with Crippen molar-refractivity contribution in [2.75, 3.05) is 18.0 Å². The molecule has 0 aliphatic carbocycles. The standard InChI is InChI=1S/C12H14BrF3N2S/c1-2-5-18(7-12(14,15)16)10-4-3-8(11(17)19)6-9(10)13/h3-4,6H,2,5,7H2,1H3,(H2,17,19). The molecule has 7 heteroatoms. The topological polar surface area (TPSA) is 29.3 Å². The van der Waals surface area contributed by atoms with Crippen LogP contribution in [0, 0.1) is 0 Å². The molecule has 0 heterocycles. The summed E-state index contributed by atoms with van der Waals surface area (Å²) in [7, 11) is 0. The number of halogens is 4. The van der Waals surface area contributed by atoms with Crippen LogP contribution in [0.5, 0.6) is 0 Å². The van der Waals surface area contributed by atoms with Crippen LogP contribution in [0.3, 0.4) is 0 Å². The molecule has 0 saturated carbocycles. The predicted molar refractivity (Wildman–Crippen MR) is 78.6 cm³/mol. The molecule has 1 rings (SSSR count). The molecule has 0 unspecified atom stereocenters. The number of hydrogen-bond donors (Lipinski definition) is 1. The van der Waals surface area contributed by atoms with Gasteiger partial charge in [0.25, 0.3) is 0 Å². The molecule has 0 atom stereocenters. The van der Waals surface area contributed by atoms with Gasteiger partial charge in [0.05, 0.1) is 5.69 Å². The van der Waals surface area contributed by atoms with Crippen LogP contribution < -0.4 is 10.6 Å². The highest BCUT2D eigenvalue weighted by atomic mass is 79.9. The maximum atomic E-state index is 12.6. The lowest BCUT2D eigenvalue weighted by Gasteiger charge is -2.26. The molecule has 2 nitrogen and oxygen atoms in total. The first-order valence-electron chi connectivity index (χ1n) is 5.65. The average Bonchev–Trinajstić information content (AvgIpc) is 2.26. The minimum atomic E-state index is -4.24. The van der Waals surface area contributed by atoms with Crippen LogP contribution in [0.2, 0.25) is 0 Å². The van der Waals surface area contributed by atoms with E-state index in [1.165, 1.54) is 4.90 Å². The van der Waals surface area contributed by atoms with Crippen molar-refractivity contribution in [1.29, 1.82) is 0 Å². The van der Waals surface area contributed by atoms with Crippen molar-refractivity contribution in [2.24, 2.45) is 5.73 Å². The van der Waals surface area contributed by atoms with Gasteiger partial charge in [-0.15, -0.1) is 0 Å². The van der Waals surface area contributed by atoms with E-state index >= 15 is 0 Å². The van der Waals surface area contributed by atoms with Crippen LogP contribution in [0.1, 0.15) is 18.9 Å². The smallest absolute Gasteiger partial charge is 0.389 e. The van der Waals surface area contributed by atoms with Crippen LogP contribution in [0.15, 0.2) is 22.7 Å². The number of nitrogens with zero attached hydrogens (tertiary/aromatic N) is 1. The van der Waals surface area contributed by atoms with E-state index in [0.717, 1.165) is 0 Å². The zero-order valence-electron chi connectivity index (χ0n) is 10.3. The number of rotatable bonds is 5. The van der Waals surface area contributed by atoms with Gasteiger partial charge in [-0.05, 0) is 40.5 Å². The Morgan fingerprint density at radius 2 is 2.05 bits per heavy atom. The quantitative estimate of drug-likeness (QED) is 0.814. The maximum Gasteiger partial charge on any atom is 0.405 e. The van der Waals surface area contributed by atoms with E-state index in [4.69, 9.17) is 18.0 Å². The maximum absolute atomic E-state index is 12.6. The monoisotopic (exact) mass is 354 g/mol. The predicted octanol–water partition coefficient (Wildman–Crippen LogP) is 3.86. The summed E-state index contributed by atoms with van der Waals surface area (Å²) in [4.78, 5) is 1.50. The number of hydrogen-bond acceptors (Lipinski definition) is 2. The molecule has 2 N–H and O–H groups in total. The van der Waals surface area contributed by atoms with Crippen LogP contribution in [0.25, 0.3) is 0 Å². The molecule has 19 heavy (non-hydrogen) atoms. The van der Waals surface area contributed by atoms with Gasteiger partial charge < -0.3 is 10.6 Å². The molecule has 0 bridgehead atoms. The summed E-state index contributed by atoms with van der Waals surface area (Å²) in [6.07, 6.45) is -3.62. The van der Waals surface area contributed by atoms with Gasteiger partial charge in [-0.25, -0.2) is 0 Å². The summed E-state index contributed by atoms with van der Waals surface area (Å²) >= 11 is 8.10. The van der Waals surface area contributed by atoms with Crippen LogP contribution >= 0.6 is 28.1 Å². The Labute approximate surface area is 123 Å². The third-order valence-electron chi connectivity index (χ3n) is 2.44. The summed E-state index contributed by atoms with van der Waals surface area (Å²) in [5.74, 6) is 0. The summed E-state index contributed by atoms with van der Waals surface area (Å²) in [5.41, 5.74) is 6.59. The fourth-order valence-corrected chi connectivity index (χ4v) is 2.44. The molecule has 0 fully saturated rings. The third kappa shape index (κ3) is 4.99. The summed E-state index contributed by atoms with van der Waals surface area (Å²) in [6.45, 7) is 1.18. The Bertz CT molecular complexity index is 463. The number of nitrogens with two attached hydrogens (primary N) is 1. The first-order chi connectivity index (χ1) is 8.74. The van der Waals surface area contributed by atoms with Gasteiger partial charge in [-0.1, -0.05) is 19.1 Å². The van der Waals surface area contributed by atoms with Crippen LogP contribution in [-0.2, 0) is 0 Å². The number of alkyl halides is 3. The van der Waals surface area contributed by atoms with Gasteiger partial charge in [-0.3, -0.25) is 0 Å².